The third kappa shape index (κ3) is 5.06. The summed E-state index contributed by atoms with van der Waals surface area (Å²) in [7, 11) is 0. The van der Waals surface area contributed by atoms with Gasteiger partial charge in [-0.05, 0) is 19.1 Å². The molecule has 1 atom stereocenters. The summed E-state index contributed by atoms with van der Waals surface area (Å²) < 4.78 is 10.7. The van der Waals surface area contributed by atoms with Crippen LogP contribution in [0.5, 0.6) is 5.75 Å². The van der Waals surface area contributed by atoms with Crippen molar-refractivity contribution in [2.24, 2.45) is 0 Å². The molecule has 1 aromatic carbocycles. The summed E-state index contributed by atoms with van der Waals surface area (Å²) in [6.07, 6.45) is -0.477. The van der Waals surface area contributed by atoms with Gasteiger partial charge >= 0.3 is 0 Å². The molecule has 6 nitrogen and oxygen atoms in total. The first-order valence-electron chi connectivity index (χ1n) is 8.42. The number of para-hydroxylation sites is 1. The summed E-state index contributed by atoms with van der Waals surface area (Å²) in [5.74, 6) is 1.65. The van der Waals surface area contributed by atoms with Crippen molar-refractivity contribution in [2.75, 3.05) is 39.3 Å². The molecule has 6 heteroatoms. The fraction of sp³-hybridized carbons (Fsp3) is 0.500. The van der Waals surface area contributed by atoms with E-state index in [0.717, 1.165) is 49.9 Å². The smallest absolute Gasteiger partial charge is 0.133 e. The molecular formula is C18H25N3O3. The van der Waals surface area contributed by atoms with Crippen LogP contribution in [0.2, 0.25) is 0 Å². The summed E-state index contributed by atoms with van der Waals surface area (Å²) in [6.45, 7) is 7.53. The standard InChI is InChI=1S/C18H25N3O3/c1-15-11-16(19-24-15)12-20-7-9-21(10-8-20)13-17(22)14-23-18-5-3-2-4-6-18/h2-6,11,17,22H,7-10,12-14H2,1H3. The number of hydrogen-bond acceptors (Lipinski definition) is 6. The number of ether oxygens (including phenoxy) is 1. The van der Waals surface area contributed by atoms with Gasteiger partial charge in [0.05, 0.1) is 5.69 Å². The lowest BCUT2D eigenvalue weighted by molar-refractivity contribution is 0.0442. The van der Waals surface area contributed by atoms with E-state index in [0.29, 0.717) is 13.2 Å². The van der Waals surface area contributed by atoms with Crippen LogP contribution >= 0.6 is 0 Å². The van der Waals surface area contributed by atoms with Gasteiger partial charge in [-0.15, -0.1) is 0 Å². The molecule has 2 aromatic rings. The number of aliphatic hydroxyl groups excluding tert-OH is 1. The van der Waals surface area contributed by atoms with Gasteiger partial charge in [0, 0.05) is 45.3 Å². The van der Waals surface area contributed by atoms with E-state index in [9.17, 15) is 5.11 Å². The Hall–Kier alpha value is -1.89. The number of rotatable bonds is 7. The number of benzene rings is 1. The Bertz CT molecular complexity index is 609. The van der Waals surface area contributed by atoms with E-state index in [1.165, 1.54) is 0 Å². The first-order valence-corrected chi connectivity index (χ1v) is 8.42. The fourth-order valence-corrected chi connectivity index (χ4v) is 2.91. The summed E-state index contributed by atoms with van der Waals surface area (Å²) >= 11 is 0. The summed E-state index contributed by atoms with van der Waals surface area (Å²) in [5, 5.41) is 14.2. The maximum atomic E-state index is 10.2. The van der Waals surface area contributed by atoms with Gasteiger partial charge in [-0.25, -0.2) is 0 Å². The average molecular weight is 331 g/mol. The number of nitrogens with zero attached hydrogens (tertiary/aromatic N) is 3. The quantitative estimate of drug-likeness (QED) is 0.830. The monoisotopic (exact) mass is 331 g/mol. The lowest BCUT2D eigenvalue weighted by Crippen LogP contribution is -2.48. The van der Waals surface area contributed by atoms with Crippen molar-refractivity contribution >= 4 is 0 Å². The van der Waals surface area contributed by atoms with Crippen LogP contribution in [0.25, 0.3) is 0 Å². The van der Waals surface area contributed by atoms with E-state index in [1.54, 1.807) is 0 Å². The highest BCUT2D eigenvalue weighted by Gasteiger charge is 2.20. The van der Waals surface area contributed by atoms with E-state index < -0.39 is 6.10 Å². The van der Waals surface area contributed by atoms with Crippen molar-refractivity contribution < 1.29 is 14.4 Å². The SMILES string of the molecule is Cc1cc(CN2CCN(CC(O)COc3ccccc3)CC2)no1. The third-order valence-electron chi connectivity index (χ3n) is 4.18. The van der Waals surface area contributed by atoms with Crippen LogP contribution in [0.1, 0.15) is 11.5 Å². The van der Waals surface area contributed by atoms with Crippen molar-refractivity contribution in [1.29, 1.82) is 0 Å². The van der Waals surface area contributed by atoms with E-state index in [1.807, 2.05) is 43.3 Å². The number of aliphatic hydroxyl groups is 1. The molecule has 1 aliphatic heterocycles. The first kappa shape index (κ1) is 17.0. The van der Waals surface area contributed by atoms with E-state index in [-0.39, 0.29) is 0 Å². The number of β-amino-alcohol motifs (C(OH)–C–C–N with tert-alkyl or cyclic N) is 1. The van der Waals surface area contributed by atoms with E-state index in [4.69, 9.17) is 9.26 Å². The second-order valence-corrected chi connectivity index (χ2v) is 6.28. The van der Waals surface area contributed by atoms with Gasteiger partial charge in [-0.2, -0.15) is 0 Å². The molecule has 130 valence electrons. The molecule has 3 rings (SSSR count). The summed E-state index contributed by atoms with van der Waals surface area (Å²) in [4.78, 5) is 4.64. The van der Waals surface area contributed by atoms with Gasteiger partial charge < -0.3 is 14.4 Å². The lowest BCUT2D eigenvalue weighted by Gasteiger charge is -2.35. The van der Waals surface area contributed by atoms with Crippen LogP contribution in [-0.2, 0) is 6.54 Å². The van der Waals surface area contributed by atoms with Gasteiger partial charge in [0.15, 0.2) is 0 Å². The van der Waals surface area contributed by atoms with Crippen molar-refractivity contribution in [1.82, 2.24) is 15.0 Å². The van der Waals surface area contributed by atoms with E-state index >= 15 is 0 Å². The third-order valence-corrected chi connectivity index (χ3v) is 4.18. The Morgan fingerprint density at radius 2 is 1.88 bits per heavy atom. The highest BCUT2D eigenvalue weighted by atomic mass is 16.5. The highest BCUT2D eigenvalue weighted by molar-refractivity contribution is 5.20. The second-order valence-electron chi connectivity index (χ2n) is 6.28. The van der Waals surface area contributed by atoms with Crippen molar-refractivity contribution in [2.45, 2.75) is 19.6 Å². The molecule has 1 aliphatic rings. The molecule has 0 saturated carbocycles. The van der Waals surface area contributed by atoms with Gasteiger partial charge in [-0.3, -0.25) is 9.80 Å². The van der Waals surface area contributed by atoms with Crippen LogP contribution in [0.15, 0.2) is 40.9 Å². The Kier molecular flexibility index (Phi) is 5.85. The zero-order valence-electron chi connectivity index (χ0n) is 14.1. The lowest BCUT2D eigenvalue weighted by atomic mass is 10.2. The van der Waals surface area contributed by atoms with Gasteiger partial charge in [0.25, 0.3) is 0 Å². The molecule has 1 N–H and O–H groups in total. The van der Waals surface area contributed by atoms with Crippen LogP contribution < -0.4 is 4.74 Å². The van der Waals surface area contributed by atoms with Gasteiger partial charge in [-0.1, -0.05) is 23.4 Å². The predicted octanol–water partition coefficient (Wildman–Crippen LogP) is 1.54. The van der Waals surface area contributed by atoms with Crippen LogP contribution in [-0.4, -0.2) is 65.5 Å². The van der Waals surface area contributed by atoms with Crippen molar-refractivity contribution in [3.63, 3.8) is 0 Å². The molecule has 24 heavy (non-hydrogen) atoms. The Morgan fingerprint density at radius 3 is 2.54 bits per heavy atom. The summed E-state index contributed by atoms with van der Waals surface area (Å²) in [5.41, 5.74) is 0.984. The molecule has 0 spiro atoms. The number of aryl methyl sites for hydroxylation is 1. The number of hydrogen-bond donors (Lipinski definition) is 1. The van der Waals surface area contributed by atoms with Crippen LogP contribution in [0.4, 0.5) is 0 Å². The number of piperazine rings is 1. The van der Waals surface area contributed by atoms with E-state index in [2.05, 4.69) is 15.0 Å². The zero-order valence-corrected chi connectivity index (χ0v) is 14.1. The minimum Gasteiger partial charge on any atom is -0.491 e. The normalized spacial score (nSPS) is 17.8. The summed E-state index contributed by atoms with van der Waals surface area (Å²) in [6, 6.07) is 11.6. The zero-order chi connectivity index (χ0) is 16.8. The maximum Gasteiger partial charge on any atom is 0.133 e. The molecule has 1 unspecified atom stereocenters. The Labute approximate surface area is 142 Å². The highest BCUT2D eigenvalue weighted by Crippen LogP contribution is 2.11. The molecule has 2 heterocycles. The first-order chi connectivity index (χ1) is 11.7. The average Bonchev–Trinajstić information content (AvgIpc) is 3.01. The largest absolute Gasteiger partial charge is 0.491 e. The molecule has 0 radical (unpaired) electrons. The fourth-order valence-electron chi connectivity index (χ4n) is 2.91. The predicted molar refractivity (Wildman–Crippen MR) is 90.9 cm³/mol. The van der Waals surface area contributed by atoms with Crippen molar-refractivity contribution in [3.8, 4) is 5.75 Å². The minimum atomic E-state index is -0.477. The molecular weight excluding hydrogens is 306 g/mol. The molecule has 0 aliphatic carbocycles. The molecule has 1 fully saturated rings. The molecule has 0 amide bonds. The minimum absolute atomic E-state index is 0.322. The molecule has 1 aromatic heterocycles. The van der Waals surface area contributed by atoms with Gasteiger partial charge in [0.2, 0.25) is 0 Å². The topological polar surface area (TPSA) is 62.0 Å². The van der Waals surface area contributed by atoms with Crippen LogP contribution in [0.3, 0.4) is 0 Å². The van der Waals surface area contributed by atoms with Gasteiger partial charge in [0.1, 0.15) is 24.2 Å². The maximum absolute atomic E-state index is 10.2. The second kappa shape index (κ2) is 8.28. The van der Waals surface area contributed by atoms with Crippen LogP contribution in [0, 0.1) is 6.92 Å². The Balaban J connectivity index is 1.35. The Morgan fingerprint density at radius 1 is 1.17 bits per heavy atom. The molecule has 1 saturated heterocycles. The van der Waals surface area contributed by atoms with Crippen molar-refractivity contribution in [3.05, 3.63) is 47.9 Å². The molecule has 0 bridgehead atoms. The number of aromatic nitrogens is 1.